The first kappa shape index (κ1) is 10.1. The molecule has 0 bridgehead atoms. The monoisotopic (exact) mass is 207 g/mol. The van der Waals surface area contributed by atoms with E-state index >= 15 is 0 Å². The first-order valence-corrected chi connectivity index (χ1v) is 4.76. The lowest BCUT2D eigenvalue weighted by atomic mass is 10.1. The van der Waals surface area contributed by atoms with Gasteiger partial charge in [-0.3, -0.25) is 9.63 Å². The highest BCUT2D eigenvalue weighted by Gasteiger charge is 2.47. The van der Waals surface area contributed by atoms with Crippen molar-refractivity contribution in [1.82, 2.24) is 5.06 Å². The van der Waals surface area contributed by atoms with Gasteiger partial charge in [0.2, 0.25) is 0 Å². The number of hydrogen-bond acceptors (Lipinski definition) is 3. The maximum absolute atomic E-state index is 11.6. The predicted octanol–water partition coefficient (Wildman–Crippen LogP) is 1.15. The molecule has 4 heteroatoms. The molecule has 4 nitrogen and oxygen atoms in total. The van der Waals surface area contributed by atoms with Crippen LogP contribution in [0.4, 0.5) is 0 Å². The number of carbonyl (C=O) groups is 1. The third kappa shape index (κ3) is 2.00. The van der Waals surface area contributed by atoms with Crippen molar-refractivity contribution in [1.29, 1.82) is 0 Å². The number of epoxide rings is 1. The summed E-state index contributed by atoms with van der Waals surface area (Å²) in [6.45, 7) is 0. The fourth-order valence-electron chi connectivity index (χ4n) is 1.47. The van der Waals surface area contributed by atoms with Crippen LogP contribution in [-0.2, 0) is 14.4 Å². The van der Waals surface area contributed by atoms with Gasteiger partial charge in [0.05, 0.1) is 7.11 Å². The zero-order valence-corrected chi connectivity index (χ0v) is 8.71. The predicted molar refractivity (Wildman–Crippen MR) is 53.8 cm³/mol. The molecular formula is C11H13NO3. The van der Waals surface area contributed by atoms with Crippen molar-refractivity contribution in [3.63, 3.8) is 0 Å². The largest absolute Gasteiger partial charge is 0.354 e. The minimum atomic E-state index is -0.391. The summed E-state index contributed by atoms with van der Waals surface area (Å²) < 4.78 is 5.32. The fourth-order valence-corrected chi connectivity index (χ4v) is 1.47. The standard InChI is InChI=1S/C11H13NO3/c1-12(14-2)11(13)10-9(15-10)8-6-4-3-5-7-8/h3-7,9-10H,1-2H3/t9-,10+/m0/s1. The third-order valence-corrected chi connectivity index (χ3v) is 2.45. The topological polar surface area (TPSA) is 42.1 Å². The van der Waals surface area contributed by atoms with Gasteiger partial charge in [-0.2, -0.15) is 0 Å². The van der Waals surface area contributed by atoms with Crippen LogP contribution in [0.5, 0.6) is 0 Å². The summed E-state index contributed by atoms with van der Waals surface area (Å²) >= 11 is 0. The Morgan fingerprint density at radius 3 is 2.67 bits per heavy atom. The summed E-state index contributed by atoms with van der Waals surface area (Å²) in [6, 6.07) is 9.69. The number of likely N-dealkylation sites (N-methyl/N-ethyl adjacent to an activating group) is 1. The van der Waals surface area contributed by atoms with Crippen molar-refractivity contribution in [3.8, 4) is 0 Å². The van der Waals surface area contributed by atoms with Crippen LogP contribution in [0, 0.1) is 0 Å². The van der Waals surface area contributed by atoms with Crippen LogP contribution in [0.25, 0.3) is 0 Å². The van der Waals surface area contributed by atoms with Gasteiger partial charge in [0.25, 0.3) is 5.91 Å². The Morgan fingerprint density at radius 2 is 2.07 bits per heavy atom. The molecule has 2 rings (SSSR count). The zero-order chi connectivity index (χ0) is 10.8. The van der Waals surface area contributed by atoms with Crippen LogP contribution in [0.3, 0.4) is 0 Å². The molecule has 0 radical (unpaired) electrons. The summed E-state index contributed by atoms with van der Waals surface area (Å²) in [5, 5.41) is 1.19. The SMILES string of the molecule is CON(C)C(=O)[C@@H]1O[C@H]1c1ccccc1. The van der Waals surface area contributed by atoms with Crippen LogP contribution in [0.2, 0.25) is 0 Å². The van der Waals surface area contributed by atoms with E-state index in [9.17, 15) is 4.79 Å². The van der Waals surface area contributed by atoms with Crippen molar-refractivity contribution < 1.29 is 14.4 Å². The molecule has 1 aromatic rings. The van der Waals surface area contributed by atoms with Gasteiger partial charge in [0.15, 0.2) is 6.10 Å². The van der Waals surface area contributed by atoms with E-state index in [2.05, 4.69) is 0 Å². The first-order chi connectivity index (χ1) is 7.24. The van der Waals surface area contributed by atoms with Crippen molar-refractivity contribution in [2.75, 3.05) is 14.2 Å². The number of nitrogens with zero attached hydrogens (tertiary/aromatic N) is 1. The molecule has 15 heavy (non-hydrogen) atoms. The number of hydroxylamine groups is 2. The average molecular weight is 207 g/mol. The maximum Gasteiger partial charge on any atom is 0.278 e. The highest BCUT2D eigenvalue weighted by Crippen LogP contribution is 2.39. The first-order valence-electron chi connectivity index (χ1n) is 4.76. The summed E-state index contributed by atoms with van der Waals surface area (Å²) in [5.41, 5.74) is 1.03. The molecule has 0 unspecified atom stereocenters. The van der Waals surface area contributed by atoms with Crippen LogP contribution >= 0.6 is 0 Å². The summed E-state index contributed by atoms with van der Waals surface area (Å²) in [7, 11) is 3.03. The molecule has 1 amide bonds. The second-order valence-electron chi connectivity index (χ2n) is 3.41. The van der Waals surface area contributed by atoms with E-state index in [0.717, 1.165) is 5.56 Å². The summed E-state index contributed by atoms with van der Waals surface area (Å²) in [4.78, 5) is 16.4. The van der Waals surface area contributed by atoms with Crippen molar-refractivity contribution >= 4 is 5.91 Å². The Labute approximate surface area is 88.4 Å². The van der Waals surface area contributed by atoms with Crippen LogP contribution in [-0.4, -0.2) is 31.2 Å². The molecule has 80 valence electrons. The number of benzene rings is 1. The molecular weight excluding hydrogens is 194 g/mol. The van der Waals surface area contributed by atoms with Crippen LogP contribution in [0.1, 0.15) is 11.7 Å². The lowest BCUT2D eigenvalue weighted by Gasteiger charge is -2.11. The van der Waals surface area contributed by atoms with Gasteiger partial charge in [-0.05, 0) is 5.56 Å². The molecule has 0 spiro atoms. The fraction of sp³-hybridized carbons (Fsp3) is 0.364. The normalized spacial score (nSPS) is 23.6. The van der Waals surface area contributed by atoms with E-state index in [1.165, 1.54) is 12.2 Å². The van der Waals surface area contributed by atoms with Gasteiger partial charge in [-0.25, -0.2) is 5.06 Å². The van der Waals surface area contributed by atoms with Gasteiger partial charge >= 0.3 is 0 Å². The Balaban J connectivity index is 2.00. The molecule has 1 heterocycles. The number of rotatable bonds is 3. The molecule has 0 N–H and O–H groups in total. The molecule has 0 aliphatic carbocycles. The Bertz CT molecular complexity index is 352. The number of hydrogen-bond donors (Lipinski definition) is 0. The highest BCUT2D eigenvalue weighted by atomic mass is 16.7. The minimum Gasteiger partial charge on any atom is -0.354 e. The zero-order valence-electron chi connectivity index (χ0n) is 8.71. The van der Waals surface area contributed by atoms with E-state index < -0.39 is 6.10 Å². The number of ether oxygens (including phenoxy) is 1. The van der Waals surface area contributed by atoms with Gasteiger partial charge in [0.1, 0.15) is 6.10 Å². The van der Waals surface area contributed by atoms with E-state index in [1.54, 1.807) is 7.05 Å². The molecule has 2 atom stereocenters. The molecule has 1 aliphatic rings. The van der Waals surface area contributed by atoms with Crippen molar-refractivity contribution in [2.45, 2.75) is 12.2 Å². The van der Waals surface area contributed by atoms with Crippen molar-refractivity contribution in [3.05, 3.63) is 35.9 Å². The lowest BCUT2D eigenvalue weighted by Crippen LogP contribution is -2.29. The second-order valence-corrected chi connectivity index (χ2v) is 3.41. The molecule has 0 aromatic heterocycles. The molecule has 1 aliphatic heterocycles. The van der Waals surface area contributed by atoms with E-state index in [1.807, 2.05) is 30.3 Å². The molecule has 0 saturated carbocycles. The summed E-state index contributed by atoms with van der Waals surface area (Å²) in [5.74, 6) is -0.147. The quantitative estimate of drug-likeness (QED) is 0.551. The smallest absolute Gasteiger partial charge is 0.278 e. The Hall–Kier alpha value is -1.39. The third-order valence-electron chi connectivity index (χ3n) is 2.45. The van der Waals surface area contributed by atoms with Gasteiger partial charge in [0, 0.05) is 7.05 Å². The average Bonchev–Trinajstić information content (AvgIpc) is 3.08. The molecule has 1 saturated heterocycles. The highest BCUT2D eigenvalue weighted by molar-refractivity contribution is 5.83. The summed E-state index contributed by atoms with van der Waals surface area (Å²) in [6.07, 6.45) is -0.506. The van der Waals surface area contributed by atoms with Gasteiger partial charge in [-0.1, -0.05) is 30.3 Å². The second kappa shape index (κ2) is 4.00. The van der Waals surface area contributed by atoms with Crippen molar-refractivity contribution in [2.24, 2.45) is 0 Å². The number of carbonyl (C=O) groups excluding carboxylic acids is 1. The Morgan fingerprint density at radius 1 is 1.40 bits per heavy atom. The number of amides is 1. The van der Waals surface area contributed by atoms with Crippen LogP contribution < -0.4 is 0 Å². The van der Waals surface area contributed by atoms with E-state index in [4.69, 9.17) is 9.57 Å². The maximum atomic E-state index is 11.6. The van der Waals surface area contributed by atoms with Gasteiger partial charge in [-0.15, -0.1) is 0 Å². The van der Waals surface area contributed by atoms with E-state index in [0.29, 0.717) is 0 Å². The minimum absolute atomic E-state index is 0.115. The van der Waals surface area contributed by atoms with Crippen LogP contribution in [0.15, 0.2) is 30.3 Å². The molecule has 1 aromatic carbocycles. The molecule has 1 fully saturated rings. The van der Waals surface area contributed by atoms with Gasteiger partial charge < -0.3 is 4.74 Å². The Kier molecular flexibility index (Phi) is 2.70. The lowest BCUT2D eigenvalue weighted by molar-refractivity contribution is -0.170. The van der Waals surface area contributed by atoms with E-state index in [-0.39, 0.29) is 12.0 Å².